The van der Waals surface area contributed by atoms with Crippen LogP contribution in [-0.2, 0) is 18.0 Å². The van der Waals surface area contributed by atoms with E-state index in [9.17, 15) is 0 Å². The summed E-state index contributed by atoms with van der Waals surface area (Å²) in [6, 6.07) is 13.3. The first-order valence-electron chi connectivity index (χ1n) is 6.39. The van der Waals surface area contributed by atoms with Crippen molar-refractivity contribution in [2.45, 2.75) is 13.2 Å². The first-order valence-corrected chi connectivity index (χ1v) is 7.17. The molecule has 0 atom stereocenters. The van der Waals surface area contributed by atoms with Crippen LogP contribution in [0.1, 0.15) is 16.7 Å². The topological polar surface area (TPSA) is 44.5 Å². The van der Waals surface area contributed by atoms with Gasteiger partial charge in [-0.25, -0.2) is 0 Å². The van der Waals surface area contributed by atoms with Crippen LogP contribution in [0.4, 0.5) is 0 Å². The third kappa shape index (κ3) is 4.43. The molecule has 0 radical (unpaired) electrons. The molecular formula is C16H16ClNO2S. The molecule has 0 spiro atoms. The summed E-state index contributed by atoms with van der Waals surface area (Å²) in [5.74, 6) is 0.659. The summed E-state index contributed by atoms with van der Waals surface area (Å²) in [5, 5.41) is 0.707. The molecule has 110 valence electrons. The van der Waals surface area contributed by atoms with Crippen molar-refractivity contribution in [1.29, 1.82) is 0 Å². The van der Waals surface area contributed by atoms with Crippen LogP contribution in [-0.4, -0.2) is 12.1 Å². The number of nitrogens with two attached hydrogens (primary N) is 1. The monoisotopic (exact) mass is 321 g/mol. The zero-order valence-electron chi connectivity index (χ0n) is 11.6. The van der Waals surface area contributed by atoms with E-state index >= 15 is 0 Å². The minimum Gasteiger partial charge on any atom is -0.496 e. The lowest BCUT2D eigenvalue weighted by Crippen LogP contribution is -2.11. The maximum absolute atomic E-state index is 5.93. The third-order valence-electron chi connectivity index (χ3n) is 2.96. The molecule has 0 aliphatic carbocycles. The van der Waals surface area contributed by atoms with Crippen LogP contribution in [0.25, 0.3) is 0 Å². The lowest BCUT2D eigenvalue weighted by atomic mass is 10.1. The van der Waals surface area contributed by atoms with Crippen molar-refractivity contribution in [2.24, 2.45) is 5.73 Å². The highest BCUT2D eigenvalue weighted by atomic mass is 35.5. The minimum absolute atomic E-state index is 0.318. The van der Waals surface area contributed by atoms with Gasteiger partial charge in [-0.3, -0.25) is 0 Å². The Hall–Kier alpha value is -1.62. The van der Waals surface area contributed by atoms with E-state index in [0.717, 1.165) is 16.7 Å². The molecule has 2 aromatic rings. The highest BCUT2D eigenvalue weighted by Gasteiger charge is 2.07. The van der Waals surface area contributed by atoms with Gasteiger partial charge in [0.15, 0.2) is 0 Å². The van der Waals surface area contributed by atoms with Crippen LogP contribution < -0.4 is 10.5 Å². The average Bonchev–Trinajstić information content (AvgIpc) is 2.47. The summed E-state index contributed by atoms with van der Waals surface area (Å²) >= 11 is 10.9. The Morgan fingerprint density at radius 3 is 2.48 bits per heavy atom. The first-order chi connectivity index (χ1) is 10.1. The lowest BCUT2D eigenvalue weighted by Gasteiger charge is -2.10. The van der Waals surface area contributed by atoms with E-state index in [1.807, 2.05) is 42.5 Å². The molecular weight excluding hydrogens is 306 g/mol. The maximum atomic E-state index is 5.93. The zero-order chi connectivity index (χ0) is 15.2. The van der Waals surface area contributed by atoms with E-state index in [0.29, 0.717) is 29.0 Å². The predicted molar refractivity (Wildman–Crippen MR) is 88.8 cm³/mol. The van der Waals surface area contributed by atoms with E-state index in [-0.39, 0.29) is 0 Å². The normalized spacial score (nSPS) is 10.4. The fourth-order valence-electron chi connectivity index (χ4n) is 1.94. The summed E-state index contributed by atoms with van der Waals surface area (Å²) in [6.07, 6.45) is 0. The second-order valence-corrected chi connectivity index (χ2v) is 5.40. The molecule has 0 saturated heterocycles. The molecule has 0 heterocycles. The van der Waals surface area contributed by atoms with Crippen LogP contribution in [0.2, 0.25) is 5.02 Å². The number of hydrogen-bond donors (Lipinski definition) is 1. The Bertz CT molecular complexity index is 646. The fraction of sp³-hybridized carbons (Fsp3) is 0.188. The van der Waals surface area contributed by atoms with Crippen molar-refractivity contribution in [1.82, 2.24) is 0 Å². The second kappa shape index (κ2) is 7.41. The summed E-state index contributed by atoms with van der Waals surface area (Å²) in [4.78, 5) is 0.318. The van der Waals surface area contributed by atoms with Crippen LogP contribution in [0.5, 0.6) is 5.75 Å². The first kappa shape index (κ1) is 15.8. The molecule has 21 heavy (non-hydrogen) atoms. The molecule has 2 N–H and O–H groups in total. The van der Waals surface area contributed by atoms with E-state index in [1.54, 1.807) is 7.11 Å². The molecule has 0 aromatic heterocycles. The third-order valence-corrected chi connectivity index (χ3v) is 3.41. The number of rotatable bonds is 6. The predicted octanol–water partition coefficient (Wildman–Crippen LogP) is 3.70. The van der Waals surface area contributed by atoms with Crippen molar-refractivity contribution in [3.05, 3.63) is 64.2 Å². The molecule has 0 unspecified atom stereocenters. The SMILES string of the molecule is COc1cc(COCc2cccc(Cl)c2)ccc1C(N)=S. The number of benzene rings is 2. The van der Waals surface area contributed by atoms with Crippen molar-refractivity contribution < 1.29 is 9.47 Å². The molecule has 0 amide bonds. The Morgan fingerprint density at radius 2 is 1.86 bits per heavy atom. The Morgan fingerprint density at radius 1 is 1.14 bits per heavy atom. The van der Waals surface area contributed by atoms with Crippen molar-refractivity contribution in [3.8, 4) is 5.75 Å². The smallest absolute Gasteiger partial charge is 0.129 e. The van der Waals surface area contributed by atoms with Gasteiger partial charge in [-0.05, 0) is 35.4 Å². The molecule has 0 aliphatic heterocycles. The standard InChI is InChI=1S/C16H16ClNO2S/c1-19-15-8-12(5-6-14(15)16(18)21)10-20-9-11-3-2-4-13(17)7-11/h2-8H,9-10H2,1H3,(H2,18,21). The number of methoxy groups -OCH3 is 1. The van der Waals surface area contributed by atoms with Crippen molar-refractivity contribution in [2.75, 3.05) is 7.11 Å². The number of hydrogen-bond acceptors (Lipinski definition) is 3. The fourth-order valence-corrected chi connectivity index (χ4v) is 2.32. The van der Waals surface area contributed by atoms with Gasteiger partial charge in [-0.15, -0.1) is 0 Å². The highest BCUT2D eigenvalue weighted by molar-refractivity contribution is 7.80. The van der Waals surface area contributed by atoms with Gasteiger partial charge >= 0.3 is 0 Å². The van der Waals surface area contributed by atoms with Gasteiger partial charge in [-0.1, -0.05) is 42.0 Å². The summed E-state index contributed by atoms with van der Waals surface area (Å²) in [5.41, 5.74) is 8.40. The largest absolute Gasteiger partial charge is 0.496 e. The van der Waals surface area contributed by atoms with Gasteiger partial charge in [0.25, 0.3) is 0 Å². The zero-order valence-corrected chi connectivity index (χ0v) is 13.2. The summed E-state index contributed by atoms with van der Waals surface area (Å²) < 4.78 is 11.0. The van der Waals surface area contributed by atoms with Crippen molar-refractivity contribution >= 4 is 28.8 Å². The Labute approximate surface area is 134 Å². The average molecular weight is 322 g/mol. The summed E-state index contributed by atoms with van der Waals surface area (Å²) in [7, 11) is 1.59. The van der Waals surface area contributed by atoms with Gasteiger partial charge in [0.1, 0.15) is 10.7 Å². The van der Waals surface area contributed by atoms with E-state index in [4.69, 9.17) is 39.0 Å². The van der Waals surface area contributed by atoms with Gasteiger partial charge in [0.2, 0.25) is 0 Å². The van der Waals surface area contributed by atoms with Gasteiger partial charge in [0.05, 0.1) is 25.9 Å². The maximum Gasteiger partial charge on any atom is 0.129 e. The van der Waals surface area contributed by atoms with Gasteiger partial charge < -0.3 is 15.2 Å². The molecule has 0 bridgehead atoms. The molecule has 5 heteroatoms. The van der Waals surface area contributed by atoms with Gasteiger partial charge in [0, 0.05) is 5.02 Å². The number of ether oxygens (including phenoxy) is 2. The quantitative estimate of drug-likeness (QED) is 0.824. The molecule has 2 rings (SSSR count). The second-order valence-electron chi connectivity index (χ2n) is 4.52. The number of thiocarbonyl (C=S) groups is 1. The van der Waals surface area contributed by atoms with Crippen LogP contribution in [0.15, 0.2) is 42.5 Å². The minimum atomic E-state index is 0.318. The summed E-state index contributed by atoms with van der Waals surface area (Å²) in [6.45, 7) is 0.973. The Balaban J connectivity index is 1.99. The van der Waals surface area contributed by atoms with E-state index < -0.39 is 0 Å². The number of halogens is 1. The Kier molecular flexibility index (Phi) is 5.56. The molecule has 0 fully saturated rings. The molecule has 0 saturated carbocycles. The van der Waals surface area contributed by atoms with Crippen LogP contribution in [0.3, 0.4) is 0 Å². The molecule has 3 nitrogen and oxygen atoms in total. The lowest BCUT2D eigenvalue weighted by molar-refractivity contribution is 0.107. The highest BCUT2D eigenvalue weighted by Crippen LogP contribution is 2.21. The van der Waals surface area contributed by atoms with E-state index in [2.05, 4.69) is 0 Å². The molecule has 2 aromatic carbocycles. The van der Waals surface area contributed by atoms with E-state index in [1.165, 1.54) is 0 Å². The van der Waals surface area contributed by atoms with Gasteiger partial charge in [-0.2, -0.15) is 0 Å². The van der Waals surface area contributed by atoms with Crippen molar-refractivity contribution in [3.63, 3.8) is 0 Å². The van der Waals surface area contributed by atoms with Crippen LogP contribution >= 0.6 is 23.8 Å². The van der Waals surface area contributed by atoms with Crippen LogP contribution in [0, 0.1) is 0 Å². The molecule has 0 aliphatic rings.